The number of sulfonamides is 1. The van der Waals surface area contributed by atoms with Crippen LogP contribution in [-0.2, 0) is 16.6 Å². The number of benzene rings is 1. The van der Waals surface area contributed by atoms with Gasteiger partial charge in [-0.3, -0.25) is 0 Å². The lowest BCUT2D eigenvalue weighted by atomic mass is 10.1. The maximum absolute atomic E-state index is 11.4. The topological polar surface area (TPSA) is 58.2 Å². The van der Waals surface area contributed by atoms with Crippen LogP contribution in [0.1, 0.15) is 23.6 Å². The van der Waals surface area contributed by atoms with Crippen molar-refractivity contribution in [3.63, 3.8) is 0 Å². The lowest BCUT2D eigenvalue weighted by molar-refractivity contribution is 0.578. The monoisotopic (exact) mass is 270 g/mol. The van der Waals surface area contributed by atoms with Crippen molar-refractivity contribution in [3.8, 4) is 0 Å². The maximum Gasteiger partial charge on any atom is 0.212 e. The Bertz CT molecular complexity index is 464. The predicted octanol–water partition coefficient (Wildman–Crippen LogP) is 1.33. The zero-order chi connectivity index (χ0) is 13.6. The van der Waals surface area contributed by atoms with Crippen LogP contribution in [0.15, 0.2) is 18.2 Å². The number of nitrogens with one attached hydrogen (secondary N) is 2. The van der Waals surface area contributed by atoms with Crippen LogP contribution in [0.2, 0.25) is 0 Å². The average molecular weight is 270 g/mol. The lowest BCUT2D eigenvalue weighted by Gasteiger charge is -2.08. The van der Waals surface area contributed by atoms with Gasteiger partial charge >= 0.3 is 0 Å². The van der Waals surface area contributed by atoms with E-state index in [2.05, 4.69) is 42.1 Å². The molecule has 0 spiro atoms. The SMILES string of the molecule is CCNS(=O)(=O)CCNCc1cc(C)cc(C)c1. The molecule has 0 heterocycles. The van der Waals surface area contributed by atoms with Crippen molar-refractivity contribution < 1.29 is 8.42 Å². The highest BCUT2D eigenvalue weighted by atomic mass is 32.2. The Morgan fingerprint density at radius 2 is 1.72 bits per heavy atom. The number of hydrogen-bond acceptors (Lipinski definition) is 3. The van der Waals surface area contributed by atoms with Crippen LogP contribution in [0.4, 0.5) is 0 Å². The molecule has 0 aliphatic heterocycles. The van der Waals surface area contributed by atoms with Gasteiger partial charge in [-0.1, -0.05) is 36.2 Å². The van der Waals surface area contributed by atoms with Gasteiger partial charge < -0.3 is 5.32 Å². The van der Waals surface area contributed by atoms with Crippen LogP contribution < -0.4 is 10.0 Å². The number of hydrogen-bond donors (Lipinski definition) is 2. The van der Waals surface area contributed by atoms with Crippen LogP contribution in [0.25, 0.3) is 0 Å². The first-order chi connectivity index (χ1) is 8.43. The molecule has 0 saturated carbocycles. The zero-order valence-corrected chi connectivity index (χ0v) is 12.1. The Balaban J connectivity index is 2.38. The molecule has 18 heavy (non-hydrogen) atoms. The van der Waals surface area contributed by atoms with Gasteiger partial charge in [0, 0.05) is 19.6 Å². The minimum absolute atomic E-state index is 0.117. The molecule has 0 radical (unpaired) electrons. The highest BCUT2D eigenvalue weighted by molar-refractivity contribution is 7.89. The van der Waals surface area contributed by atoms with Crippen LogP contribution in [0.3, 0.4) is 0 Å². The van der Waals surface area contributed by atoms with Crippen molar-refractivity contribution >= 4 is 10.0 Å². The minimum Gasteiger partial charge on any atom is -0.312 e. The molecule has 0 unspecified atom stereocenters. The van der Waals surface area contributed by atoms with Crippen LogP contribution in [-0.4, -0.2) is 27.3 Å². The van der Waals surface area contributed by atoms with Gasteiger partial charge in [-0.15, -0.1) is 0 Å². The second-order valence-electron chi connectivity index (χ2n) is 4.49. The highest BCUT2D eigenvalue weighted by Gasteiger charge is 2.07. The molecule has 5 heteroatoms. The fourth-order valence-corrected chi connectivity index (χ4v) is 2.90. The lowest BCUT2D eigenvalue weighted by Crippen LogP contribution is -2.31. The third-order valence-electron chi connectivity index (χ3n) is 2.52. The van der Waals surface area contributed by atoms with E-state index in [1.807, 2.05) is 0 Å². The van der Waals surface area contributed by atoms with Gasteiger partial charge in [-0.25, -0.2) is 13.1 Å². The Labute approximate surface area is 110 Å². The summed E-state index contributed by atoms with van der Waals surface area (Å²) in [6.07, 6.45) is 0. The Hall–Kier alpha value is -0.910. The maximum atomic E-state index is 11.4. The molecule has 2 N–H and O–H groups in total. The van der Waals surface area contributed by atoms with Crippen LogP contribution in [0.5, 0.6) is 0 Å². The first-order valence-corrected chi connectivity index (χ1v) is 7.83. The Morgan fingerprint density at radius 1 is 1.11 bits per heavy atom. The zero-order valence-electron chi connectivity index (χ0n) is 11.3. The van der Waals surface area contributed by atoms with Crippen molar-refractivity contribution in [2.45, 2.75) is 27.3 Å². The summed E-state index contributed by atoms with van der Waals surface area (Å²) in [6.45, 7) is 7.50. The smallest absolute Gasteiger partial charge is 0.212 e. The summed E-state index contributed by atoms with van der Waals surface area (Å²) in [7, 11) is -3.11. The van der Waals surface area contributed by atoms with Gasteiger partial charge in [0.1, 0.15) is 0 Å². The molecular weight excluding hydrogens is 248 g/mol. The summed E-state index contributed by atoms with van der Waals surface area (Å²) in [5, 5.41) is 3.15. The van der Waals surface area contributed by atoms with Crippen LogP contribution in [0, 0.1) is 13.8 Å². The van der Waals surface area contributed by atoms with Crippen molar-refractivity contribution in [1.29, 1.82) is 0 Å². The quantitative estimate of drug-likeness (QED) is 0.735. The van der Waals surface area contributed by atoms with Crippen molar-refractivity contribution in [2.24, 2.45) is 0 Å². The van der Waals surface area contributed by atoms with E-state index < -0.39 is 10.0 Å². The van der Waals surface area contributed by atoms with E-state index in [4.69, 9.17) is 0 Å². The highest BCUT2D eigenvalue weighted by Crippen LogP contribution is 2.08. The summed E-state index contributed by atoms with van der Waals surface area (Å²) in [5.41, 5.74) is 3.65. The summed E-state index contributed by atoms with van der Waals surface area (Å²) in [5.74, 6) is 0.117. The van der Waals surface area contributed by atoms with Crippen molar-refractivity contribution in [3.05, 3.63) is 34.9 Å². The van der Waals surface area contributed by atoms with Gasteiger partial charge in [-0.2, -0.15) is 0 Å². The van der Waals surface area contributed by atoms with Gasteiger partial charge in [0.15, 0.2) is 0 Å². The molecule has 1 aromatic carbocycles. The van der Waals surface area contributed by atoms with E-state index in [1.165, 1.54) is 16.7 Å². The Kier molecular flexibility index (Phi) is 5.78. The predicted molar refractivity (Wildman–Crippen MR) is 75.1 cm³/mol. The molecule has 0 amide bonds. The van der Waals surface area contributed by atoms with E-state index in [0.29, 0.717) is 19.6 Å². The van der Waals surface area contributed by atoms with E-state index in [0.717, 1.165) is 0 Å². The summed E-state index contributed by atoms with van der Waals surface area (Å²) >= 11 is 0. The molecule has 0 aliphatic carbocycles. The molecule has 0 atom stereocenters. The molecule has 4 nitrogen and oxygen atoms in total. The van der Waals surface area contributed by atoms with Gasteiger partial charge in [0.2, 0.25) is 10.0 Å². The van der Waals surface area contributed by atoms with E-state index in [-0.39, 0.29) is 5.75 Å². The number of rotatable bonds is 7. The van der Waals surface area contributed by atoms with Gasteiger partial charge in [-0.05, 0) is 19.4 Å². The molecule has 102 valence electrons. The minimum atomic E-state index is -3.11. The molecule has 0 aliphatic rings. The molecule has 0 aromatic heterocycles. The second kappa shape index (κ2) is 6.87. The fourth-order valence-electron chi connectivity index (χ4n) is 1.90. The molecule has 1 rings (SSSR count). The molecular formula is C13H22N2O2S. The van der Waals surface area contributed by atoms with Gasteiger partial charge in [0.25, 0.3) is 0 Å². The third-order valence-corrected chi connectivity index (χ3v) is 3.99. The molecule has 1 aromatic rings. The summed E-state index contributed by atoms with van der Waals surface area (Å²) in [6, 6.07) is 6.34. The third kappa shape index (κ3) is 5.62. The second-order valence-corrected chi connectivity index (χ2v) is 6.42. The Morgan fingerprint density at radius 3 is 2.28 bits per heavy atom. The average Bonchev–Trinajstić information content (AvgIpc) is 2.23. The standard InChI is InChI=1S/C13H22N2O2S/c1-4-15-18(16,17)6-5-14-10-13-8-11(2)7-12(3)9-13/h7-9,14-15H,4-6,10H2,1-3H3. The normalized spacial score (nSPS) is 11.7. The summed E-state index contributed by atoms with van der Waals surface area (Å²) in [4.78, 5) is 0. The van der Waals surface area contributed by atoms with Crippen LogP contribution >= 0.6 is 0 Å². The first-order valence-electron chi connectivity index (χ1n) is 6.18. The first kappa shape index (κ1) is 15.1. The number of aryl methyl sites for hydroxylation is 2. The van der Waals surface area contributed by atoms with Crippen molar-refractivity contribution in [1.82, 2.24) is 10.0 Å². The largest absolute Gasteiger partial charge is 0.312 e. The van der Waals surface area contributed by atoms with E-state index in [1.54, 1.807) is 6.92 Å². The van der Waals surface area contributed by atoms with E-state index in [9.17, 15) is 8.42 Å². The molecule has 0 bridgehead atoms. The fraction of sp³-hybridized carbons (Fsp3) is 0.538. The molecule has 0 saturated heterocycles. The molecule has 0 fully saturated rings. The van der Waals surface area contributed by atoms with E-state index >= 15 is 0 Å². The summed E-state index contributed by atoms with van der Waals surface area (Å²) < 4.78 is 25.3. The van der Waals surface area contributed by atoms with Crippen molar-refractivity contribution in [2.75, 3.05) is 18.8 Å². The van der Waals surface area contributed by atoms with Gasteiger partial charge in [0.05, 0.1) is 5.75 Å².